The largest absolute Gasteiger partial charge is 0.493 e. The summed E-state index contributed by atoms with van der Waals surface area (Å²) >= 11 is 0. The molecule has 376 valence electrons. The number of amides is 2. The number of allylic oxidation sites excluding steroid dienone is 1. The van der Waals surface area contributed by atoms with Crippen LogP contribution in [0.3, 0.4) is 0 Å². The Bertz CT molecular complexity index is 3620. The number of H-pyrrole nitrogens is 1. The molecule has 2 aromatic carbocycles. The van der Waals surface area contributed by atoms with E-state index in [1.807, 2.05) is 58.7 Å². The van der Waals surface area contributed by atoms with E-state index in [-0.39, 0.29) is 36.9 Å². The summed E-state index contributed by atoms with van der Waals surface area (Å²) < 4.78 is 26.5. The average molecular weight is 990 g/mol. The summed E-state index contributed by atoms with van der Waals surface area (Å²) in [7, 11) is 0. The molecule has 4 aliphatic rings. The molecule has 4 aliphatic heterocycles. The summed E-state index contributed by atoms with van der Waals surface area (Å²) in [4.78, 5) is 44.6. The van der Waals surface area contributed by atoms with Crippen LogP contribution in [0, 0.1) is 0 Å². The lowest BCUT2D eigenvalue weighted by Gasteiger charge is -2.30. The number of carbonyl (C=O) groups excluding carboxylic acids is 2. The lowest BCUT2D eigenvalue weighted by atomic mass is 10.00. The third-order valence-electron chi connectivity index (χ3n) is 15.7. The van der Waals surface area contributed by atoms with Crippen LogP contribution in [0.15, 0.2) is 110 Å². The molecule has 1 N–H and O–H groups in total. The second kappa shape index (κ2) is 19.2. The van der Waals surface area contributed by atoms with Crippen molar-refractivity contribution >= 4 is 34.0 Å². The first-order chi connectivity index (χ1) is 36.4. The van der Waals surface area contributed by atoms with E-state index in [0.29, 0.717) is 58.0 Å². The number of hydrogen-bond donors (Lipinski definition) is 1. The minimum absolute atomic E-state index is 0.0383. The smallest absolute Gasteiger partial charge is 0.226 e. The number of ether oxygens (including phenoxy) is 3. The van der Waals surface area contributed by atoms with Gasteiger partial charge < -0.3 is 37.8 Å². The second-order valence-electron chi connectivity index (χ2n) is 20.1. The van der Waals surface area contributed by atoms with Crippen LogP contribution in [0.5, 0.6) is 5.75 Å². The number of para-hydroxylation sites is 1. The Hall–Kier alpha value is -7.82. The molecule has 2 saturated heterocycles. The fourth-order valence-electron chi connectivity index (χ4n) is 11.8. The maximum atomic E-state index is 14.2. The van der Waals surface area contributed by atoms with E-state index in [1.54, 1.807) is 6.92 Å². The lowest BCUT2D eigenvalue weighted by molar-refractivity contribution is -0.132. The van der Waals surface area contributed by atoms with Crippen molar-refractivity contribution in [3.63, 3.8) is 0 Å². The molecule has 0 radical (unpaired) electrons. The Morgan fingerprint density at radius 1 is 0.743 bits per heavy atom. The van der Waals surface area contributed by atoms with E-state index in [4.69, 9.17) is 34.4 Å². The summed E-state index contributed by atoms with van der Waals surface area (Å²) in [6.45, 7) is 11.0. The molecule has 0 aliphatic carbocycles. The fourth-order valence-corrected chi connectivity index (χ4v) is 11.8. The zero-order valence-electron chi connectivity index (χ0n) is 41.7. The number of rotatable bonds is 12. The summed E-state index contributed by atoms with van der Waals surface area (Å²) in [5, 5.41) is 11.8. The molecular formula is C58H59N11O5. The number of aromatic nitrogens is 9. The van der Waals surface area contributed by atoms with Crippen LogP contribution < -0.4 is 4.74 Å². The van der Waals surface area contributed by atoms with Crippen LogP contribution in [0.4, 0.5) is 0 Å². The highest BCUT2D eigenvalue weighted by Crippen LogP contribution is 2.39. The van der Waals surface area contributed by atoms with E-state index in [1.165, 1.54) is 11.4 Å². The first-order valence-corrected chi connectivity index (χ1v) is 26.2. The van der Waals surface area contributed by atoms with Crippen LogP contribution in [0.2, 0.25) is 0 Å². The van der Waals surface area contributed by atoms with Gasteiger partial charge in [0.25, 0.3) is 0 Å². The molecule has 16 heteroatoms. The Balaban J connectivity index is 0.742. The molecule has 7 aromatic heterocycles. The summed E-state index contributed by atoms with van der Waals surface area (Å²) in [5.74, 6) is 0.821. The predicted molar refractivity (Wildman–Crippen MR) is 282 cm³/mol. The summed E-state index contributed by atoms with van der Waals surface area (Å²) in [6, 6.07) is 23.2. The van der Waals surface area contributed by atoms with Crippen LogP contribution in [-0.2, 0) is 51.4 Å². The zero-order chi connectivity index (χ0) is 49.9. The number of carbonyl (C=O) groups is 2. The number of pyridine rings is 2. The number of nitrogens with one attached hydrogen (secondary N) is 1. The van der Waals surface area contributed by atoms with Crippen molar-refractivity contribution in [3.8, 4) is 50.8 Å². The van der Waals surface area contributed by atoms with Crippen molar-refractivity contribution in [2.75, 3.05) is 46.1 Å². The maximum Gasteiger partial charge on any atom is 0.226 e. The lowest BCUT2D eigenvalue weighted by Crippen LogP contribution is -2.37. The maximum absolute atomic E-state index is 14.2. The van der Waals surface area contributed by atoms with Gasteiger partial charge in [-0.25, -0.2) is 9.97 Å². The molecule has 13 rings (SSSR count). The van der Waals surface area contributed by atoms with E-state index < -0.39 is 0 Å². The third kappa shape index (κ3) is 8.25. The Morgan fingerprint density at radius 3 is 2.00 bits per heavy atom. The number of hydrogen-bond acceptors (Lipinski definition) is 9. The molecule has 0 saturated carbocycles. The highest BCUT2D eigenvalue weighted by molar-refractivity contribution is 5.95. The van der Waals surface area contributed by atoms with Crippen molar-refractivity contribution in [2.24, 2.45) is 0 Å². The first-order valence-electron chi connectivity index (χ1n) is 26.2. The van der Waals surface area contributed by atoms with Crippen LogP contribution in [0.25, 0.3) is 67.2 Å². The number of nitrogens with zero attached hydrogens (tertiary/aromatic N) is 10. The van der Waals surface area contributed by atoms with E-state index in [0.717, 1.165) is 129 Å². The molecule has 0 unspecified atom stereocenters. The van der Waals surface area contributed by atoms with Gasteiger partial charge in [0.05, 0.1) is 36.5 Å². The number of benzene rings is 2. The molecule has 11 heterocycles. The van der Waals surface area contributed by atoms with Crippen LogP contribution in [-0.4, -0.2) is 111 Å². The number of fused-ring (bicyclic) bond motifs is 5. The number of imidazole rings is 2. The Labute approximate surface area is 428 Å². The van der Waals surface area contributed by atoms with Crippen molar-refractivity contribution in [3.05, 3.63) is 138 Å². The molecule has 9 aromatic rings. The van der Waals surface area contributed by atoms with Gasteiger partial charge >= 0.3 is 0 Å². The van der Waals surface area contributed by atoms with Gasteiger partial charge in [0, 0.05) is 159 Å². The third-order valence-corrected chi connectivity index (χ3v) is 15.7. The highest BCUT2D eigenvalue weighted by atomic mass is 16.5. The van der Waals surface area contributed by atoms with Gasteiger partial charge in [-0.3, -0.25) is 19.0 Å². The van der Waals surface area contributed by atoms with E-state index in [9.17, 15) is 9.59 Å². The minimum atomic E-state index is 0.0383. The Kier molecular flexibility index (Phi) is 11.9. The molecule has 16 nitrogen and oxygen atoms in total. The molecular weight excluding hydrogens is 931 g/mol. The van der Waals surface area contributed by atoms with Crippen LogP contribution in [0.1, 0.15) is 79.2 Å². The normalized spacial score (nSPS) is 16.6. The van der Waals surface area contributed by atoms with E-state index in [2.05, 4.69) is 84.6 Å². The quantitative estimate of drug-likeness (QED) is 0.118. The second-order valence-corrected chi connectivity index (χ2v) is 20.1. The molecule has 0 atom stereocenters. The van der Waals surface area contributed by atoms with Crippen molar-refractivity contribution in [2.45, 2.75) is 83.5 Å². The van der Waals surface area contributed by atoms with Gasteiger partial charge in [-0.15, -0.1) is 6.58 Å². The topological polar surface area (TPSA) is 154 Å². The summed E-state index contributed by atoms with van der Waals surface area (Å²) in [6.07, 6.45) is 18.0. The average Bonchev–Trinajstić information content (AvgIpc) is 4.31. The monoisotopic (exact) mass is 989 g/mol. The fraction of sp³-hybridized carbons (Fsp3) is 0.345. The standard InChI is InChI=1S/C58H59N11O5/c1-3-8-39-31-38(49-35-66-22-6-10-43(57(66)60-49)55-46-33-64(37(2)70)24-15-51(46)68(62-55)40-17-26-72-27-18-40)13-14-53(39)74-30-21-54(71)65-25-16-52-47(34-65)56(63-69(52)41-19-28-73-29-20-41)44-11-7-23-67-36-50(61-58(44)67)45-32-59-48-12-5-4-9-42(45)48/h3-7,9-14,22-23,31-32,35-36,40-41,59H,1,8,15-21,24-30,33-34H2,2H3. The first kappa shape index (κ1) is 46.0. The SMILES string of the molecule is C=CCc1cc(-c2cn3cccc(-c4nn(C5CCOCC5)c5c4CN(C(C)=O)CC5)c3n2)ccc1OCCC(=O)N1CCc2c(c(-c3cccn4cc(-c5c[nH]c6ccccc56)nc34)nn2C2CCOCC2)C1. The zero-order valence-corrected chi connectivity index (χ0v) is 41.7. The number of aromatic amines is 1. The van der Waals surface area contributed by atoms with Gasteiger partial charge in [-0.2, -0.15) is 10.2 Å². The van der Waals surface area contributed by atoms with Gasteiger partial charge in [0.15, 0.2) is 0 Å². The van der Waals surface area contributed by atoms with E-state index >= 15 is 0 Å². The summed E-state index contributed by atoms with van der Waals surface area (Å²) in [5.41, 5.74) is 15.5. The van der Waals surface area contributed by atoms with Gasteiger partial charge in [0.2, 0.25) is 11.8 Å². The van der Waals surface area contributed by atoms with Gasteiger partial charge in [-0.05, 0) is 86.2 Å². The van der Waals surface area contributed by atoms with Crippen molar-refractivity contribution in [1.82, 2.24) is 53.1 Å². The molecule has 2 fully saturated rings. The molecule has 0 spiro atoms. The molecule has 2 amide bonds. The highest BCUT2D eigenvalue weighted by Gasteiger charge is 2.34. The van der Waals surface area contributed by atoms with Gasteiger partial charge in [-0.1, -0.05) is 24.3 Å². The van der Waals surface area contributed by atoms with Crippen molar-refractivity contribution < 1.29 is 23.8 Å². The molecule has 0 bridgehead atoms. The minimum Gasteiger partial charge on any atom is -0.493 e. The van der Waals surface area contributed by atoms with Gasteiger partial charge in [0.1, 0.15) is 28.4 Å². The van der Waals surface area contributed by atoms with Crippen molar-refractivity contribution in [1.29, 1.82) is 0 Å². The molecule has 74 heavy (non-hydrogen) atoms. The predicted octanol–water partition coefficient (Wildman–Crippen LogP) is 9.21. The van der Waals surface area contributed by atoms with Crippen LogP contribution >= 0.6 is 0 Å². The Morgan fingerprint density at radius 2 is 1.35 bits per heavy atom.